The number of fused-ring (bicyclic) bond motifs is 2. The Kier molecular flexibility index (Phi) is 4.98. The summed E-state index contributed by atoms with van der Waals surface area (Å²) in [4.78, 5) is 37.8. The lowest BCUT2D eigenvalue weighted by Crippen LogP contribution is -2.12. The van der Waals surface area contributed by atoms with E-state index in [1.807, 2.05) is 12.1 Å². The lowest BCUT2D eigenvalue weighted by atomic mass is 9.87. The quantitative estimate of drug-likeness (QED) is 0.334. The Bertz CT molecular complexity index is 1460. The molecule has 0 atom stereocenters. The fourth-order valence-corrected chi connectivity index (χ4v) is 4.45. The van der Waals surface area contributed by atoms with Gasteiger partial charge in [-0.25, -0.2) is 9.59 Å². The van der Waals surface area contributed by atoms with Gasteiger partial charge in [0.2, 0.25) is 0 Å². The minimum atomic E-state index is -0.617. The van der Waals surface area contributed by atoms with Crippen LogP contribution in [0.1, 0.15) is 36.6 Å². The minimum absolute atomic E-state index is 0.152. The van der Waals surface area contributed by atoms with Crippen molar-refractivity contribution in [3.8, 4) is 11.3 Å². The summed E-state index contributed by atoms with van der Waals surface area (Å²) in [6.45, 7) is 0. The molecule has 0 radical (unpaired) electrons. The molecule has 1 heterocycles. The van der Waals surface area contributed by atoms with Gasteiger partial charge in [-0.15, -0.1) is 0 Å². The van der Waals surface area contributed by atoms with Crippen LogP contribution in [0.15, 0.2) is 57.5 Å². The predicted molar refractivity (Wildman–Crippen MR) is 123 cm³/mol. The number of nitrogens with one attached hydrogen (secondary N) is 1. The third kappa shape index (κ3) is 3.28. The highest BCUT2D eigenvalue weighted by atomic mass is 79.9. The number of carbonyl (C=O) groups excluding carboxylic acids is 3. The van der Waals surface area contributed by atoms with Gasteiger partial charge < -0.3 is 19.3 Å². The highest BCUT2D eigenvalue weighted by Gasteiger charge is 2.32. The number of halogens is 1. The lowest BCUT2D eigenvalue weighted by molar-refractivity contribution is 0.0599. The Morgan fingerprint density at radius 1 is 0.970 bits per heavy atom. The Balaban J connectivity index is 1.71. The van der Waals surface area contributed by atoms with Crippen LogP contribution in [0.25, 0.3) is 22.2 Å². The highest BCUT2D eigenvalue weighted by molar-refractivity contribution is 9.10. The molecule has 0 saturated carbocycles. The van der Waals surface area contributed by atoms with E-state index >= 15 is 0 Å². The summed E-state index contributed by atoms with van der Waals surface area (Å²) < 4.78 is 15.8. The Labute approximate surface area is 195 Å². The third-order valence-electron chi connectivity index (χ3n) is 5.41. The Morgan fingerprint density at radius 2 is 1.61 bits per heavy atom. The number of ether oxygens (including phenoxy) is 2. The molecule has 1 aliphatic rings. The van der Waals surface area contributed by atoms with Crippen LogP contribution >= 0.6 is 15.9 Å². The van der Waals surface area contributed by atoms with Gasteiger partial charge in [-0.3, -0.25) is 4.79 Å². The SMILES string of the molecule is COC(=O)c1cc(Nc2cc(Br)c3noc4c3c2C(=O)c2ccccc2-4)cc(C(=O)OC)c1. The first-order valence-corrected chi connectivity index (χ1v) is 10.6. The number of aromatic nitrogens is 1. The summed E-state index contributed by atoms with van der Waals surface area (Å²) in [5.41, 5.74) is 3.21. The van der Waals surface area contributed by atoms with Crippen molar-refractivity contribution >= 4 is 55.9 Å². The number of hydrogen-bond acceptors (Lipinski definition) is 8. The van der Waals surface area contributed by atoms with Crippen molar-refractivity contribution in [1.82, 2.24) is 5.16 Å². The second kappa shape index (κ2) is 7.86. The van der Waals surface area contributed by atoms with E-state index in [-0.39, 0.29) is 16.9 Å². The number of nitrogens with zero attached hydrogens (tertiary/aromatic N) is 1. The maximum atomic E-state index is 13.5. The van der Waals surface area contributed by atoms with Crippen LogP contribution < -0.4 is 5.32 Å². The number of hydrogen-bond donors (Lipinski definition) is 1. The van der Waals surface area contributed by atoms with Gasteiger partial charge in [-0.05, 0) is 40.2 Å². The average Bonchev–Trinajstić information content (AvgIpc) is 3.28. The second-order valence-electron chi connectivity index (χ2n) is 7.30. The van der Waals surface area contributed by atoms with Gasteiger partial charge in [0.1, 0.15) is 5.52 Å². The first kappa shape index (κ1) is 20.9. The molecular weight excluding hydrogens is 492 g/mol. The molecule has 8 nitrogen and oxygen atoms in total. The predicted octanol–water partition coefficient (Wildman–Crippen LogP) is 5.12. The van der Waals surface area contributed by atoms with Gasteiger partial charge in [0.15, 0.2) is 11.5 Å². The smallest absolute Gasteiger partial charge is 0.337 e. The molecule has 0 unspecified atom stereocenters. The summed E-state index contributed by atoms with van der Waals surface area (Å²) in [7, 11) is 2.50. The van der Waals surface area contributed by atoms with E-state index in [0.717, 1.165) is 0 Å². The molecule has 1 N–H and O–H groups in total. The molecule has 3 aromatic carbocycles. The Hall–Kier alpha value is -3.98. The molecule has 5 rings (SSSR count). The fourth-order valence-electron chi connectivity index (χ4n) is 3.95. The average molecular weight is 507 g/mol. The zero-order chi connectivity index (χ0) is 23.3. The topological polar surface area (TPSA) is 108 Å². The van der Waals surface area contributed by atoms with Gasteiger partial charge in [0, 0.05) is 21.3 Å². The maximum Gasteiger partial charge on any atom is 0.337 e. The molecule has 1 aromatic heterocycles. The summed E-state index contributed by atoms with van der Waals surface area (Å²) in [6, 6.07) is 13.3. The van der Waals surface area contributed by atoms with E-state index in [0.29, 0.717) is 49.2 Å². The fraction of sp³-hybridized carbons (Fsp3) is 0.0833. The van der Waals surface area contributed by atoms with Gasteiger partial charge in [-0.2, -0.15) is 0 Å². The van der Waals surface area contributed by atoms with Gasteiger partial charge in [0.25, 0.3) is 0 Å². The first-order valence-electron chi connectivity index (χ1n) is 9.77. The lowest BCUT2D eigenvalue weighted by Gasteiger charge is -2.19. The van der Waals surface area contributed by atoms with Crippen molar-refractivity contribution in [3.05, 3.63) is 75.3 Å². The molecule has 0 amide bonds. The van der Waals surface area contributed by atoms with Crippen LogP contribution in [-0.4, -0.2) is 37.1 Å². The molecule has 0 bridgehead atoms. The second-order valence-corrected chi connectivity index (χ2v) is 8.15. The number of esters is 2. The maximum absolute atomic E-state index is 13.5. The van der Waals surface area contributed by atoms with Crippen LogP contribution in [0.5, 0.6) is 0 Å². The van der Waals surface area contributed by atoms with Crippen molar-refractivity contribution in [3.63, 3.8) is 0 Å². The van der Waals surface area contributed by atoms with Crippen LogP contribution in [0.3, 0.4) is 0 Å². The van der Waals surface area contributed by atoms with E-state index in [2.05, 4.69) is 26.4 Å². The molecule has 9 heteroatoms. The first-order chi connectivity index (χ1) is 15.9. The van der Waals surface area contributed by atoms with Crippen molar-refractivity contribution in [2.45, 2.75) is 0 Å². The summed E-state index contributed by atoms with van der Waals surface area (Å²) in [5.74, 6) is -0.932. The number of carbonyl (C=O) groups is 3. The molecule has 0 spiro atoms. The molecule has 164 valence electrons. The van der Waals surface area contributed by atoms with Gasteiger partial charge in [-0.1, -0.05) is 29.4 Å². The van der Waals surface area contributed by atoms with E-state index in [4.69, 9.17) is 14.0 Å². The Morgan fingerprint density at radius 3 is 2.24 bits per heavy atom. The van der Waals surface area contributed by atoms with Crippen LogP contribution in [-0.2, 0) is 9.47 Å². The zero-order valence-corrected chi connectivity index (χ0v) is 19.0. The van der Waals surface area contributed by atoms with Crippen LogP contribution in [0.4, 0.5) is 11.4 Å². The van der Waals surface area contributed by atoms with E-state index in [1.54, 1.807) is 18.2 Å². The van der Waals surface area contributed by atoms with E-state index < -0.39 is 11.9 Å². The number of rotatable bonds is 4. The minimum Gasteiger partial charge on any atom is -0.465 e. The third-order valence-corrected chi connectivity index (χ3v) is 6.01. The van der Waals surface area contributed by atoms with Crippen molar-refractivity contribution in [2.75, 3.05) is 19.5 Å². The molecule has 0 aliphatic heterocycles. The number of ketones is 1. The standard InChI is InChI=1S/C24H15BrN2O6/c1-31-23(29)11-7-12(24(30)32-2)9-13(8-11)26-17-10-16(25)20-19-18(17)21(28)14-5-3-4-6-15(14)22(19)33-27-20/h3-10,26H,1-2H3. The molecule has 1 aliphatic carbocycles. The van der Waals surface area contributed by atoms with E-state index in [9.17, 15) is 14.4 Å². The normalized spacial score (nSPS) is 11.8. The number of methoxy groups -OCH3 is 2. The largest absolute Gasteiger partial charge is 0.465 e. The van der Waals surface area contributed by atoms with Crippen molar-refractivity contribution in [1.29, 1.82) is 0 Å². The van der Waals surface area contributed by atoms with E-state index in [1.165, 1.54) is 32.4 Å². The molecule has 0 saturated heterocycles. The van der Waals surface area contributed by atoms with Crippen LogP contribution in [0, 0.1) is 0 Å². The molecule has 33 heavy (non-hydrogen) atoms. The number of benzene rings is 3. The molecule has 4 aromatic rings. The molecule has 0 fully saturated rings. The zero-order valence-electron chi connectivity index (χ0n) is 17.4. The molecular formula is C24H15BrN2O6. The van der Waals surface area contributed by atoms with Crippen molar-refractivity contribution < 1.29 is 28.4 Å². The number of anilines is 2. The van der Waals surface area contributed by atoms with Crippen LogP contribution in [0.2, 0.25) is 0 Å². The summed E-state index contributed by atoms with van der Waals surface area (Å²) in [5, 5.41) is 7.89. The van der Waals surface area contributed by atoms with Gasteiger partial charge >= 0.3 is 11.9 Å². The van der Waals surface area contributed by atoms with Gasteiger partial charge in [0.05, 0.1) is 42.0 Å². The summed E-state index contributed by atoms with van der Waals surface area (Å²) >= 11 is 3.50. The van der Waals surface area contributed by atoms with Crippen molar-refractivity contribution in [2.24, 2.45) is 0 Å². The summed E-state index contributed by atoms with van der Waals surface area (Å²) in [6.07, 6.45) is 0. The highest BCUT2D eigenvalue weighted by Crippen LogP contribution is 2.45. The monoisotopic (exact) mass is 506 g/mol.